The first kappa shape index (κ1) is 20.5. The zero-order valence-corrected chi connectivity index (χ0v) is 17.3. The minimum atomic E-state index is -0.0952. The molecule has 1 aromatic heterocycles. The van der Waals surface area contributed by atoms with Crippen LogP contribution in [-0.4, -0.2) is 47.3 Å². The van der Waals surface area contributed by atoms with Gasteiger partial charge in [0.25, 0.3) is 0 Å². The van der Waals surface area contributed by atoms with Gasteiger partial charge in [-0.15, -0.1) is 0 Å². The molecule has 2 heterocycles. The number of nitrogens with zero attached hydrogens (tertiary/aromatic N) is 3. The largest absolute Gasteiger partial charge is 0.379 e. The zero-order valence-electron chi connectivity index (χ0n) is 16.5. The Morgan fingerprint density at radius 2 is 1.80 bits per heavy atom. The number of carbonyl (C=O) groups excluding carboxylic acids is 1. The lowest BCUT2D eigenvalue weighted by Gasteiger charge is -2.26. The summed E-state index contributed by atoms with van der Waals surface area (Å²) in [5.41, 5.74) is 2.81. The first-order valence-electron chi connectivity index (χ1n) is 9.93. The lowest BCUT2D eigenvalue weighted by Crippen LogP contribution is -2.35. The Morgan fingerprint density at radius 1 is 1.07 bits per heavy atom. The summed E-state index contributed by atoms with van der Waals surface area (Å²) < 4.78 is 10.6. The number of hydrogen-bond donors (Lipinski definition) is 1. The zero-order chi connectivity index (χ0) is 20.8. The Bertz CT molecular complexity index is 967. The summed E-state index contributed by atoms with van der Waals surface area (Å²) >= 11 is 5.89. The van der Waals surface area contributed by atoms with Gasteiger partial charge in [-0.05, 0) is 42.0 Å². The van der Waals surface area contributed by atoms with Crippen LogP contribution in [0.15, 0.2) is 53.1 Å². The van der Waals surface area contributed by atoms with Crippen LogP contribution in [0.25, 0.3) is 11.4 Å². The minimum absolute atomic E-state index is 0.0952. The van der Waals surface area contributed by atoms with Gasteiger partial charge in [-0.25, -0.2) is 0 Å². The molecule has 156 valence electrons. The van der Waals surface area contributed by atoms with Crippen LogP contribution in [-0.2, 0) is 22.5 Å². The first-order valence-corrected chi connectivity index (χ1v) is 10.3. The van der Waals surface area contributed by atoms with Crippen molar-refractivity contribution in [1.82, 2.24) is 15.0 Å². The van der Waals surface area contributed by atoms with Crippen LogP contribution in [0.3, 0.4) is 0 Å². The molecular weight excluding hydrogens is 404 g/mol. The molecule has 0 aliphatic carbocycles. The van der Waals surface area contributed by atoms with Gasteiger partial charge in [0, 0.05) is 48.7 Å². The maximum absolute atomic E-state index is 12.3. The molecule has 3 aromatic rings. The number of benzene rings is 2. The van der Waals surface area contributed by atoms with E-state index in [9.17, 15) is 4.79 Å². The van der Waals surface area contributed by atoms with Crippen molar-refractivity contribution in [3.8, 4) is 11.4 Å². The molecule has 1 amide bonds. The van der Waals surface area contributed by atoms with Gasteiger partial charge in [0.1, 0.15) is 0 Å². The fourth-order valence-electron chi connectivity index (χ4n) is 3.23. The van der Waals surface area contributed by atoms with Crippen molar-refractivity contribution in [2.24, 2.45) is 0 Å². The van der Waals surface area contributed by atoms with Gasteiger partial charge >= 0.3 is 0 Å². The Hall–Kier alpha value is -2.74. The van der Waals surface area contributed by atoms with Gasteiger partial charge in [-0.1, -0.05) is 28.9 Å². The number of amides is 1. The minimum Gasteiger partial charge on any atom is -0.379 e. The number of rotatable bonds is 7. The van der Waals surface area contributed by atoms with E-state index in [2.05, 4.69) is 20.4 Å². The highest BCUT2D eigenvalue weighted by atomic mass is 35.5. The van der Waals surface area contributed by atoms with Crippen molar-refractivity contribution in [2.45, 2.75) is 19.4 Å². The lowest BCUT2D eigenvalue weighted by molar-refractivity contribution is -0.116. The predicted molar refractivity (Wildman–Crippen MR) is 114 cm³/mol. The van der Waals surface area contributed by atoms with Crippen LogP contribution in [0.4, 0.5) is 5.69 Å². The van der Waals surface area contributed by atoms with E-state index in [1.807, 2.05) is 36.4 Å². The van der Waals surface area contributed by atoms with E-state index in [1.54, 1.807) is 12.1 Å². The molecule has 0 radical (unpaired) electrons. The van der Waals surface area contributed by atoms with Gasteiger partial charge in [0.2, 0.25) is 17.6 Å². The lowest BCUT2D eigenvalue weighted by atomic mass is 10.2. The second kappa shape index (κ2) is 9.84. The Kier molecular flexibility index (Phi) is 6.74. The van der Waals surface area contributed by atoms with Crippen molar-refractivity contribution in [3.63, 3.8) is 0 Å². The van der Waals surface area contributed by atoms with Crippen molar-refractivity contribution < 1.29 is 14.1 Å². The van der Waals surface area contributed by atoms with Crippen molar-refractivity contribution in [3.05, 3.63) is 65.0 Å². The molecule has 1 saturated heterocycles. The Morgan fingerprint density at radius 3 is 2.53 bits per heavy atom. The third-order valence-corrected chi connectivity index (χ3v) is 5.14. The van der Waals surface area contributed by atoms with Gasteiger partial charge in [-0.2, -0.15) is 4.98 Å². The summed E-state index contributed by atoms with van der Waals surface area (Å²) in [7, 11) is 0. The smallest absolute Gasteiger partial charge is 0.227 e. The van der Waals surface area contributed by atoms with Crippen LogP contribution in [0.1, 0.15) is 17.9 Å². The molecule has 1 fully saturated rings. The molecule has 0 atom stereocenters. The average molecular weight is 427 g/mol. The number of morpholine rings is 1. The fourth-order valence-corrected chi connectivity index (χ4v) is 3.35. The van der Waals surface area contributed by atoms with E-state index >= 15 is 0 Å². The molecule has 1 aliphatic rings. The van der Waals surface area contributed by atoms with Crippen molar-refractivity contribution >= 4 is 23.2 Å². The van der Waals surface area contributed by atoms with E-state index in [0.717, 1.165) is 44.1 Å². The molecule has 0 unspecified atom stereocenters. The number of anilines is 1. The second-order valence-electron chi connectivity index (χ2n) is 7.15. The SMILES string of the molecule is O=C(CCc1nc(-c2ccc(Cl)cc2)no1)Nc1ccc(CN2CCOCC2)cc1. The average Bonchev–Trinajstić information content (AvgIpc) is 3.24. The van der Waals surface area contributed by atoms with Gasteiger partial charge < -0.3 is 14.6 Å². The number of halogens is 1. The van der Waals surface area contributed by atoms with E-state index in [4.69, 9.17) is 20.9 Å². The van der Waals surface area contributed by atoms with Crippen LogP contribution >= 0.6 is 11.6 Å². The number of hydrogen-bond acceptors (Lipinski definition) is 6. The van der Waals surface area contributed by atoms with E-state index in [0.29, 0.717) is 23.2 Å². The second-order valence-corrected chi connectivity index (χ2v) is 7.59. The Balaban J connectivity index is 1.25. The standard InChI is InChI=1S/C22H23ClN4O3/c23-18-5-3-17(4-6-18)22-25-21(30-26-22)10-9-20(28)24-19-7-1-16(2-8-19)15-27-11-13-29-14-12-27/h1-8H,9-15H2,(H,24,28). The molecule has 0 bridgehead atoms. The topological polar surface area (TPSA) is 80.5 Å². The molecule has 8 heteroatoms. The van der Waals surface area contributed by atoms with Crippen molar-refractivity contribution in [2.75, 3.05) is 31.6 Å². The van der Waals surface area contributed by atoms with Crippen LogP contribution < -0.4 is 5.32 Å². The van der Waals surface area contributed by atoms with Crippen LogP contribution in [0, 0.1) is 0 Å². The molecule has 2 aromatic carbocycles. The molecule has 0 spiro atoms. The van der Waals surface area contributed by atoms with E-state index in [-0.39, 0.29) is 12.3 Å². The number of ether oxygens (including phenoxy) is 1. The highest BCUT2D eigenvalue weighted by Crippen LogP contribution is 2.19. The third-order valence-electron chi connectivity index (χ3n) is 4.88. The maximum atomic E-state index is 12.3. The summed E-state index contributed by atoms with van der Waals surface area (Å²) in [5, 5.41) is 7.52. The van der Waals surface area contributed by atoms with Crippen LogP contribution in [0.2, 0.25) is 5.02 Å². The number of aromatic nitrogens is 2. The highest BCUT2D eigenvalue weighted by molar-refractivity contribution is 6.30. The highest BCUT2D eigenvalue weighted by Gasteiger charge is 2.12. The van der Waals surface area contributed by atoms with E-state index < -0.39 is 0 Å². The number of nitrogens with one attached hydrogen (secondary N) is 1. The summed E-state index contributed by atoms with van der Waals surface area (Å²) in [6, 6.07) is 15.1. The summed E-state index contributed by atoms with van der Waals surface area (Å²) in [6.07, 6.45) is 0.638. The summed E-state index contributed by atoms with van der Waals surface area (Å²) in [6.45, 7) is 4.37. The van der Waals surface area contributed by atoms with Gasteiger partial charge in [0.15, 0.2) is 0 Å². The third kappa shape index (κ3) is 5.66. The van der Waals surface area contributed by atoms with Crippen molar-refractivity contribution in [1.29, 1.82) is 0 Å². The number of aryl methyl sites for hydroxylation is 1. The molecule has 0 saturated carbocycles. The molecule has 7 nitrogen and oxygen atoms in total. The maximum Gasteiger partial charge on any atom is 0.227 e. The first-order chi connectivity index (χ1) is 14.7. The summed E-state index contributed by atoms with van der Waals surface area (Å²) in [4.78, 5) is 19.0. The molecule has 4 rings (SSSR count). The normalized spacial score (nSPS) is 14.6. The Labute approximate surface area is 180 Å². The van der Waals surface area contributed by atoms with Gasteiger partial charge in [-0.3, -0.25) is 9.69 Å². The number of carbonyl (C=O) groups is 1. The molecule has 1 N–H and O–H groups in total. The molecule has 1 aliphatic heterocycles. The van der Waals surface area contributed by atoms with Gasteiger partial charge in [0.05, 0.1) is 13.2 Å². The monoisotopic (exact) mass is 426 g/mol. The molecule has 30 heavy (non-hydrogen) atoms. The quantitative estimate of drug-likeness (QED) is 0.619. The van der Waals surface area contributed by atoms with Crippen LogP contribution in [0.5, 0.6) is 0 Å². The fraction of sp³-hybridized carbons (Fsp3) is 0.318. The molecular formula is C22H23ClN4O3. The predicted octanol–water partition coefficient (Wildman–Crippen LogP) is 3.79. The van der Waals surface area contributed by atoms with E-state index in [1.165, 1.54) is 5.56 Å². The summed E-state index contributed by atoms with van der Waals surface area (Å²) in [5.74, 6) is 0.816.